The molecule has 0 saturated heterocycles. The Hall–Kier alpha value is -1.59. The number of nitrogens with one attached hydrogen (secondary N) is 1. The summed E-state index contributed by atoms with van der Waals surface area (Å²) in [7, 11) is 1.86. The second-order valence-electron chi connectivity index (χ2n) is 6.04. The average Bonchev–Trinajstić information content (AvgIpc) is 2.61. The van der Waals surface area contributed by atoms with Gasteiger partial charge in [-0.25, -0.2) is 4.68 Å². The Labute approximate surface area is 130 Å². The highest BCUT2D eigenvalue weighted by atomic mass is 35.5. The van der Waals surface area contributed by atoms with Gasteiger partial charge in [-0.1, -0.05) is 11.6 Å². The Morgan fingerprint density at radius 2 is 2.05 bits per heavy atom. The molecule has 0 aliphatic heterocycles. The van der Waals surface area contributed by atoms with Crippen LogP contribution in [0.5, 0.6) is 11.6 Å². The van der Waals surface area contributed by atoms with Crippen LogP contribution in [0, 0.1) is 6.92 Å². The number of pyridine rings is 1. The topological polar surface area (TPSA) is 52.0 Å². The number of halogens is 1. The fourth-order valence-electron chi connectivity index (χ4n) is 1.93. The number of ether oxygens (including phenoxy) is 1. The van der Waals surface area contributed by atoms with Crippen LogP contribution < -0.4 is 10.1 Å². The Morgan fingerprint density at radius 3 is 2.67 bits per heavy atom. The Morgan fingerprint density at radius 1 is 1.33 bits per heavy atom. The maximum atomic E-state index is 5.94. The predicted octanol–water partition coefficient (Wildman–Crippen LogP) is 3.46. The molecule has 0 aliphatic carbocycles. The van der Waals surface area contributed by atoms with Crippen LogP contribution in [0.25, 0.3) is 0 Å². The summed E-state index contributed by atoms with van der Waals surface area (Å²) in [4.78, 5) is 4.03. The average molecular weight is 309 g/mol. The molecule has 0 aliphatic rings. The summed E-state index contributed by atoms with van der Waals surface area (Å²) in [5.41, 5.74) is 2.00. The van der Waals surface area contributed by atoms with Gasteiger partial charge in [-0.05, 0) is 27.7 Å². The summed E-state index contributed by atoms with van der Waals surface area (Å²) < 4.78 is 7.65. The highest BCUT2D eigenvalue weighted by Gasteiger charge is 2.18. The number of aryl methyl sites for hydroxylation is 2. The molecule has 114 valence electrons. The van der Waals surface area contributed by atoms with E-state index in [4.69, 9.17) is 16.3 Å². The summed E-state index contributed by atoms with van der Waals surface area (Å²) in [5.74, 6) is 1.30. The largest absolute Gasteiger partial charge is 0.437 e. The molecule has 2 aromatic heterocycles. The van der Waals surface area contributed by atoms with E-state index in [1.54, 1.807) is 23.1 Å². The van der Waals surface area contributed by atoms with Gasteiger partial charge in [0, 0.05) is 31.4 Å². The molecule has 0 aromatic carbocycles. The van der Waals surface area contributed by atoms with Crippen molar-refractivity contribution in [3.8, 4) is 11.6 Å². The van der Waals surface area contributed by atoms with E-state index < -0.39 is 0 Å². The van der Waals surface area contributed by atoms with Crippen LogP contribution in [-0.4, -0.2) is 20.3 Å². The zero-order chi connectivity index (χ0) is 15.6. The third-order valence-corrected chi connectivity index (χ3v) is 3.19. The number of nitrogens with zero attached hydrogens (tertiary/aromatic N) is 3. The molecular formula is C15H21ClN4O. The first kappa shape index (κ1) is 15.8. The van der Waals surface area contributed by atoms with E-state index in [1.807, 2.05) is 14.0 Å². The molecule has 5 nitrogen and oxygen atoms in total. The van der Waals surface area contributed by atoms with Crippen LogP contribution in [0.3, 0.4) is 0 Å². The summed E-state index contributed by atoms with van der Waals surface area (Å²) in [6, 6.07) is 1.73. The SMILES string of the molecule is Cc1nn(C)c(Oc2cncc(Cl)c2)c1CNC(C)(C)C. The molecule has 2 heterocycles. The van der Waals surface area contributed by atoms with Crippen molar-refractivity contribution in [3.63, 3.8) is 0 Å². The Kier molecular flexibility index (Phi) is 4.54. The standard InChI is InChI=1S/C15H21ClN4O/c1-10-13(9-18-15(2,3)4)14(20(5)19-10)21-12-6-11(16)7-17-8-12/h6-8,18H,9H2,1-5H3. The van der Waals surface area contributed by atoms with Crippen LogP contribution in [0.4, 0.5) is 0 Å². The van der Waals surface area contributed by atoms with Crippen molar-refractivity contribution >= 4 is 11.6 Å². The summed E-state index contributed by atoms with van der Waals surface area (Å²) in [6.07, 6.45) is 3.21. The molecule has 0 bridgehead atoms. The predicted molar refractivity (Wildman–Crippen MR) is 83.9 cm³/mol. The molecule has 0 unspecified atom stereocenters. The van der Waals surface area contributed by atoms with E-state index in [0.29, 0.717) is 23.2 Å². The van der Waals surface area contributed by atoms with Crippen molar-refractivity contribution in [2.24, 2.45) is 7.05 Å². The highest BCUT2D eigenvalue weighted by molar-refractivity contribution is 6.30. The van der Waals surface area contributed by atoms with Gasteiger partial charge in [0.1, 0.15) is 5.75 Å². The lowest BCUT2D eigenvalue weighted by Crippen LogP contribution is -2.35. The molecule has 2 rings (SSSR count). The van der Waals surface area contributed by atoms with Crippen molar-refractivity contribution in [1.29, 1.82) is 0 Å². The minimum atomic E-state index is 0.0250. The van der Waals surface area contributed by atoms with Gasteiger partial charge in [0.15, 0.2) is 0 Å². The maximum Gasteiger partial charge on any atom is 0.222 e. The smallest absolute Gasteiger partial charge is 0.222 e. The van der Waals surface area contributed by atoms with Gasteiger partial charge in [0.05, 0.1) is 22.5 Å². The van der Waals surface area contributed by atoms with Gasteiger partial charge in [0.25, 0.3) is 0 Å². The minimum Gasteiger partial charge on any atom is -0.437 e. The molecule has 0 saturated carbocycles. The Bertz CT molecular complexity index is 631. The van der Waals surface area contributed by atoms with Crippen molar-refractivity contribution in [3.05, 3.63) is 34.7 Å². The van der Waals surface area contributed by atoms with Gasteiger partial charge in [0.2, 0.25) is 5.88 Å². The molecule has 0 radical (unpaired) electrons. The second kappa shape index (κ2) is 6.03. The van der Waals surface area contributed by atoms with E-state index in [9.17, 15) is 0 Å². The number of hydrogen-bond acceptors (Lipinski definition) is 4. The minimum absolute atomic E-state index is 0.0250. The van der Waals surface area contributed by atoms with Crippen LogP contribution >= 0.6 is 11.6 Å². The first-order valence-electron chi connectivity index (χ1n) is 6.82. The normalized spacial score (nSPS) is 11.7. The number of hydrogen-bond donors (Lipinski definition) is 1. The molecule has 21 heavy (non-hydrogen) atoms. The van der Waals surface area contributed by atoms with E-state index in [1.165, 1.54) is 0 Å². The van der Waals surface area contributed by atoms with Crippen molar-refractivity contribution in [2.75, 3.05) is 0 Å². The van der Waals surface area contributed by atoms with Gasteiger partial charge < -0.3 is 10.1 Å². The molecule has 0 amide bonds. The number of aromatic nitrogens is 3. The van der Waals surface area contributed by atoms with Crippen LogP contribution in [0.2, 0.25) is 5.02 Å². The van der Waals surface area contributed by atoms with E-state index in [-0.39, 0.29) is 5.54 Å². The van der Waals surface area contributed by atoms with Gasteiger partial charge >= 0.3 is 0 Å². The van der Waals surface area contributed by atoms with Gasteiger partial charge in [-0.3, -0.25) is 4.98 Å². The lowest BCUT2D eigenvalue weighted by Gasteiger charge is -2.20. The lowest BCUT2D eigenvalue weighted by atomic mass is 10.1. The summed E-state index contributed by atoms with van der Waals surface area (Å²) >= 11 is 5.94. The Balaban J connectivity index is 2.26. The van der Waals surface area contributed by atoms with Crippen LogP contribution in [0.1, 0.15) is 32.0 Å². The third kappa shape index (κ3) is 4.19. The lowest BCUT2D eigenvalue weighted by molar-refractivity contribution is 0.401. The third-order valence-electron chi connectivity index (χ3n) is 2.98. The monoisotopic (exact) mass is 308 g/mol. The van der Waals surface area contributed by atoms with Crippen molar-refractivity contribution in [1.82, 2.24) is 20.1 Å². The molecule has 0 atom stereocenters. The summed E-state index contributed by atoms with van der Waals surface area (Å²) in [6.45, 7) is 9.04. The highest BCUT2D eigenvalue weighted by Crippen LogP contribution is 2.28. The molecule has 0 spiro atoms. The van der Waals surface area contributed by atoms with Gasteiger partial charge in [-0.2, -0.15) is 5.10 Å². The van der Waals surface area contributed by atoms with Gasteiger partial charge in [-0.15, -0.1) is 0 Å². The fourth-order valence-corrected chi connectivity index (χ4v) is 2.09. The van der Waals surface area contributed by atoms with Crippen LogP contribution in [-0.2, 0) is 13.6 Å². The fraction of sp³-hybridized carbons (Fsp3) is 0.467. The maximum absolute atomic E-state index is 5.94. The van der Waals surface area contributed by atoms with Crippen molar-refractivity contribution in [2.45, 2.75) is 39.8 Å². The quantitative estimate of drug-likeness (QED) is 0.940. The summed E-state index contributed by atoms with van der Waals surface area (Å²) in [5, 5.41) is 8.43. The molecular weight excluding hydrogens is 288 g/mol. The van der Waals surface area contributed by atoms with E-state index >= 15 is 0 Å². The molecule has 1 N–H and O–H groups in total. The second-order valence-corrected chi connectivity index (χ2v) is 6.47. The molecule has 2 aromatic rings. The first-order chi connectivity index (χ1) is 9.76. The number of rotatable bonds is 4. The zero-order valence-electron chi connectivity index (χ0n) is 13.1. The zero-order valence-corrected chi connectivity index (χ0v) is 13.8. The molecule has 6 heteroatoms. The van der Waals surface area contributed by atoms with Crippen molar-refractivity contribution < 1.29 is 4.74 Å². The van der Waals surface area contributed by atoms with E-state index in [0.717, 1.165) is 11.3 Å². The van der Waals surface area contributed by atoms with Crippen LogP contribution in [0.15, 0.2) is 18.5 Å². The molecule has 0 fully saturated rings. The van der Waals surface area contributed by atoms with E-state index in [2.05, 4.69) is 36.2 Å². The first-order valence-corrected chi connectivity index (χ1v) is 7.20.